The van der Waals surface area contributed by atoms with Crippen molar-refractivity contribution in [1.29, 1.82) is 0 Å². The van der Waals surface area contributed by atoms with E-state index < -0.39 is 6.04 Å². The molecule has 5 rings (SSSR count). The van der Waals surface area contributed by atoms with E-state index in [1.54, 1.807) is 41.5 Å². The number of aromatic nitrogens is 6. The molecular weight excluding hydrogens is 468 g/mol. The first-order chi connectivity index (χ1) is 18.1. The summed E-state index contributed by atoms with van der Waals surface area (Å²) in [6.07, 6.45) is 13.9. The average Bonchev–Trinajstić information content (AvgIpc) is 3.67. The molecule has 37 heavy (non-hydrogen) atoms. The summed E-state index contributed by atoms with van der Waals surface area (Å²) in [4.78, 5) is 38.9. The largest absolute Gasteiger partial charge is 0.365 e. The number of aromatic amines is 2. The number of fused-ring (bicyclic) bond motifs is 2. The predicted molar refractivity (Wildman–Crippen MR) is 143 cm³/mol. The van der Waals surface area contributed by atoms with Crippen molar-refractivity contribution in [2.45, 2.75) is 31.8 Å². The molecule has 1 aliphatic rings. The second-order valence-electron chi connectivity index (χ2n) is 8.81. The van der Waals surface area contributed by atoms with Crippen LogP contribution in [0.2, 0.25) is 0 Å². The van der Waals surface area contributed by atoms with Gasteiger partial charge in [0.05, 0.1) is 18.4 Å². The number of allylic oxidation sites excluding steroid dienone is 3. The third-order valence-corrected chi connectivity index (χ3v) is 6.48. The maximum Gasteiger partial charge on any atom is 0.294 e. The Balaban J connectivity index is 1.40. The molecule has 5 heterocycles. The summed E-state index contributed by atoms with van der Waals surface area (Å²) in [5, 5.41) is 14.0. The molecule has 0 fully saturated rings. The Hall–Kier alpha value is -4.73. The van der Waals surface area contributed by atoms with Gasteiger partial charge in [-0.25, -0.2) is 4.98 Å². The van der Waals surface area contributed by atoms with Crippen LogP contribution in [0.3, 0.4) is 0 Å². The smallest absolute Gasteiger partial charge is 0.294 e. The van der Waals surface area contributed by atoms with Gasteiger partial charge in [0.2, 0.25) is 5.91 Å². The molecule has 4 N–H and O–H groups in total. The van der Waals surface area contributed by atoms with Gasteiger partial charge < -0.3 is 15.6 Å². The van der Waals surface area contributed by atoms with E-state index in [1.165, 1.54) is 0 Å². The van der Waals surface area contributed by atoms with E-state index >= 15 is 0 Å². The molecule has 4 aromatic heterocycles. The first kappa shape index (κ1) is 24.0. The van der Waals surface area contributed by atoms with Crippen LogP contribution in [0.1, 0.15) is 30.3 Å². The highest BCUT2D eigenvalue weighted by atomic mass is 16.2. The van der Waals surface area contributed by atoms with E-state index in [0.717, 1.165) is 33.4 Å². The van der Waals surface area contributed by atoms with Crippen molar-refractivity contribution >= 4 is 22.6 Å². The molecule has 10 nitrogen and oxygen atoms in total. The van der Waals surface area contributed by atoms with E-state index in [0.29, 0.717) is 38.0 Å². The van der Waals surface area contributed by atoms with Gasteiger partial charge in [0.1, 0.15) is 6.04 Å². The van der Waals surface area contributed by atoms with Crippen LogP contribution in [0.25, 0.3) is 22.2 Å². The minimum absolute atomic E-state index is 0.199. The first-order valence-corrected chi connectivity index (χ1v) is 12.1. The third kappa shape index (κ3) is 4.86. The number of pyridine rings is 1. The Labute approximate surface area is 213 Å². The summed E-state index contributed by atoms with van der Waals surface area (Å²) in [5.74, 6) is -0.0134. The van der Waals surface area contributed by atoms with E-state index in [9.17, 15) is 9.59 Å². The van der Waals surface area contributed by atoms with E-state index in [2.05, 4.69) is 48.9 Å². The number of rotatable bonds is 10. The van der Waals surface area contributed by atoms with Gasteiger partial charge in [-0.3, -0.25) is 24.2 Å². The number of anilines is 1. The van der Waals surface area contributed by atoms with E-state index in [-0.39, 0.29) is 17.3 Å². The predicted octanol–water partition coefficient (Wildman–Crippen LogP) is 3.41. The lowest BCUT2D eigenvalue weighted by atomic mass is 10.1. The third-order valence-electron chi connectivity index (χ3n) is 6.48. The molecule has 4 aromatic rings. The van der Waals surface area contributed by atoms with Crippen molar-refractivity contribution in [3.05, 3.63) is 95.6 Å². The second kappa shape index (κ2) is 10.5. The van der Waals surface area contributed by atoms with Gasteiger partial charge in [0.15, 0.2) is 5.82 Å². The van der Waals surface area contributed by atoms with Gasteiger partial charge in [0.25, 0.3) is 5.56 Å². The SMILES string of the molecule is C=C/C=C(\C=C)CCNc1nc(-c2cn[nH]c2)c2n(c1=O)C(C(=O)NCc1cc3cnccc3[nH]1)CC2. The summed E-state index contributed by atoms with van der Waals surface area (Å²) in [6, 6.07) is 3.21. The van der Waals surface area contributed by atoms with Crippen molar-refractivity contribution in [3.63, 3.8) is 0 Å². The zero-order valence-corrected chi connectivity index (χ0v) is 20.3. The lowest BCUT2D eigenvalue weighted by molar-refractivity contribution is -0.124. The van der Waals surface area contributed by atoms with Crippen LogP contribution in [0, 0.1) is 0 Å². The lowest BCUT2D eigenvalue weighted by Crippen LogP contribution is -2.36. The summed E-state index contributed by atoms with van der Waals surface area (Å²) < 4.78 is 1.58. The fourth-order valence-electron chi connectivity index (χ4n) is 4.68. The van der Waals surface area contributed by atoms with Crippen molar-refractivity contribution in [2.75, 3.05) is 11.9 Å². The molecule has 0 aromatic carbocycles. The number of carbonyl (C=O) groups is 1. The standard InChI is InChI=1S/C27H28N8O2/c1-3-5-17(4-2)8-11-29-25-27(37)35-22(24(34-25)19-14-31-32-15-19)6-7-23(35)26(36)30-16-20-12-18-13-28-10-9-21(18)33-20/h3-5,9-10,12-15,23,33H,1-2,6-8,11,16H2,(H,29,34)(H,30,36)(H,31,32)/b17-5+. The van der Waals surface area contributed by atoms with Crippen molar-refractivity contribution < 1.29 is 4.79 Å². The maximum absolute atomic E-state index is 13.5. The number of hydrogen-bond acceptors (Lipinski definition) is 6. The van der Waals surface area contributed by atoms with Crippen molar-refractivity contribution in [1.82, 2.24) is 35.0 Å². The zero-order valence-electron chi connectivity index (χ0n) is 20.3. The Bertz CT molecular complexity index is 1510. The number of amides is 1. The highest BCUT2D eigenvalue weighted by Gasteiger charge is 2.33. The van der Waals surface area contributed by atoms with Crippen LogP contribution >= 0.6 is 0 Å². The monoisotopic (exact) mass is 496 g/mol. The lowest BCUT2D eigenvalue weighted by Gasteiger charge is -2.17. The highest BCUT2D eigenvalue weighted by Crippen LogP contribution is 2.31. The quantitative estimate of drug-likeness (QED) is 0.249. The van der Waals surface area contributed by atoms with Gasteiger partial charge in [0, 0.05) is 53.0 Å². The second-order valence-corrected chi connectivity index (χ2v) is 8.81. The van der Waals surface area contributed by atoms with Gasteiger partial charge >= 0.3 is 0 Å². The maximum atomic E-state index is 13.5. The number of carbonyl (C=O) groups excluding carboxylic acids is 1. The van der Waals surface area contributed by atoms with Gasteiger partial charge in [-0.05, 0) is 37.0 Å². The van der Waals surface area contributed by atoms with Gasteiger partial charge in [-0.15, -0.1) is 0 Å². The molecule has 0 saturated carbocycles. The van der Waals surface area contributed by atoms with Gasteiger partial charge in [-0.1, -0.05) is 31.4 Å². The Morgan fingerprint density at radius 2 is 2.19 bits per heavy atom. The molecule has 1 unspecified atom stereocenters. The fourth-order valence-corrected chi connectivity index (χ4v) is 4.68. The molecule has 0 radical (unpaired) electrons. The Morgan fingerprint density at radius 3 is 2.95 bits per heavy atom. The number of nitrogens with zero attached hydrogens (tertiary/aromatic N) is 4. The van der Waals surface area contributed by atoms with E-state index in [4.69, 9.17) is 0 Å². The molecule has 188 valence electrons. The molecule has 0 bridgehead atoms. The van der Waals surface area contributed by atoms with Crippen LogP contribution in [-0.4, -0.2) is 42.2 Å². The molecule has 0 spiro atoms. The van der Waals surface area contributed by atoms with Crippen molar-refractivity contribution in [3.8, 4) is 11.3 Å². The van der Waals surface area contributed by atoms with Gasteiger partial charge in [-0.2, -0.15) is 5.10 Å². The number of nitrogens with one attached hydrogen (secondary N) is 4. The topological polar surface area (TPSA) is 133 Å². The molecule has 0 aliphatic carbocycles. The minimum Gasteiger partial charge on any atom is -0.365 e. The molecule has 1 atom stereocenters. The summed E-state index contributed by atoms with van der Waals surface area (Å²) >= 11 is 0. The summed E-state index contributed by atoms with van der Waals surface area (Å²) in [6.45, 7) is 8.32. The average molecular weight is 497 g/mol. The van der Waals surface area contributed by atoms with Crippen LogP contribution in [0.5, 0.6) is 0 Å². The summed E-state index contributed by atoms with van der Waals surface area (Å²) in [5.41, 5.74) is 4.62. The van der Waals surface area contributed by atoms with Crippen molar-refractivity contribution in [2.24, 2.45) is 0 Å². The van der Waals surface area contributed by atoms with Crippen LogP contribution in [0.4, 0.5) is 5.82 Å². The molecule has 0 saturated heterocycles. The highest BCUT2D eigenvalue weighted by molar-refractivity contribution is 5.82. The van der Waals surface area contributed by atoms with Crippen LogP contribution in [-0.2, 0) is 17.8 Å². The number of H-pyrrole nitrogens is 2. The van der Waals surface area contributed by atoms with E-state index in [1.807, 2.05) is 18.2 Å². The minimum atomic E-state index is -0.632. The molecule has 1 amide bonds. The zero-order chi connectivity index (χ0) is 25.8. The first-order valence-electron chi connectivity index (χ1n) is 12.1. The van der Waals surface area contributed by atoms with Crippen LogP contribution < -0.4 is 16.2 Å². The molecule has 1 aliphatic heterocycles. The normalized spacial score (nSPS) is 14.9. The fraction of sp³-hybridized carbons (Fsp3) is 0.222. The summed E-state index contributed by atoms with van der Waals surface area (Å²) in [7, 11) is 0. The Morgan fingerprint density at radius 1 is 1.30 bits per heavy atom. The van der Waals surface area contributed by atoms with Crippen LogP contribution in [0.15, 0.2) is 78.7 Å². The molecule has 10 heteroatoms. The molecular formula is C27H28N8O2. The Kier molecular flexibility index (Phi) is 6.80. The number of hydrogen-bond donors (Lipinski definition) is 4.